The summed E-state index contributed by atoms with van der Waals surface area (Å²) in [5.74, 6) is -2.00. The highest BCUT2D eigenvalue weighted by molar-refractivity contribution is 5.86. The van der Waals surface area contributed by atoms with Crippen LogP contribution in [0.2, 0.25) is 0 Å². The lowest BCUT2D eigenvalue weighted by Gasteiger charge is -2.15. The van der Waals surface area contributed by atoms with Gasteiger partial charge in [-0.25, -0.2) is 4.79 Å². The zero-order chi connectivity index (χ0) is 13.4. The Hall–Kier alpha value is -1.79. The first-order valence-corrected chi connectivity index (χ1v) is 5.45. The number of nitrogens with two attached hydrogens (primary N) is 1. The second-order valence-corrected chi connectivity index (χ2v) is 3.80. The number of aliphatic carboxylic acids is 1. The van der Waals surface area contributed by atoms with Gasteiger partial charge in [-0.2, -0.15) is 0 Å². The van der Waals surface area contributed by atoms with Crippen molar-refractivity contribution < 1.29 is 19.5 Å². The molecule has 98 valence electrons. The molecule has 2 unspecified atom stereocenters. The number of carbonyl (C=O) groups excluding carboxylic acids is 2. The van der Waals surface area contributed by atoms with E-state index in [-0.39, 0.29) is 6.54 Å². The molecule has 0 radical (unpaired) electrons. The van der Waals surface area contributed by atoms with Gasteiger partial charge in [-0.15, -0.1) is 0 Å². The molecule has 0 spiro atoms. The molecule has 17 heavy (non-hydrogen) atoms. The average molecular weight is 245 g/mol. The van der Waals surface area contributed by atoms with E-state index < -0.39 is 29.9 Å². The van der Waals surface area contributed by atoms with Crippen molar-refractivity contribution in [3.63, 3.8) is 0 Å². The quantitative estimate of drug-likeness (QED) is 0.490. The first kappa shape index (κ1) is 15.2. The molecule has 0 rings (SSSR count). The van der Waals surface area contributed by atoms with E-state index in [1.807, 2.05) is 6.92 Å². The Balaban J connectivity index is 4.11. The maximum absolute atomic E-state index is 11.4. The van der Waals surface area contributed by atoms with E-state index >= 15 is 0 Å². The maximum atomic E-state index is 11.4. The number of carboxylic acid groups (broad SMARTS) is 1. The van der Waals surface area contributed by atoms with Crippen molar-refractivity contribution >= 4 is 17.9 Å². The fourth-order valence-corrected chi connectivity index (χ4v) is 1.32. The van der Waals surface area contributed by atoms with Crippen molar-refractivity contribution in [2.24, 2.45) is 11.7 Å². The van der Waals surface area contributed by atoms with Crippen LogP contribution in [0.4, 0.5) is 4.79 Å². The Morgan fingerprint density at radius 1 is 1.35 bits per heavy atom. The third kappa shape index (κ3) is 6.39. The first-order chi connectivity index (χ1) is 7.88. The third-order valence-electron chi connectivity index (χ3n) is 2.26. The number of primary amides is 1. The molecule has 3 amide bonds. The van der Waals surface area contributed by atoms with E-state index in [0.717, 1.165) is 6.42 Å². The molecule has 0 saturated heterocycles. The molecule has 0 bridgehead atoms. The van der Waals surface area contributed by atoms with Crippen molar-refractivity contribution in [3.05, 3.63) is 0 Å². The van der Waals surface area contributed by atoms with Crippen LogP contribution in [-0.2, 0) is 9.59 Å². The van der Waals surface area contributed by atoms with Crippen LogP contribution in [0.3, 0.4) is 0 Å². The summed E-state index contributed by atoms with van der Waals surface area (Å²) in [7, 11) is 0. The summed E-state index contributed by atoms with van der Waals surface area (Å²) in [6.45, 7) is 3.39. The molecule has 0 aromatic rings. The van der Waals surface area contributed by atoms with Gasteiger partial charge in [0.25, 0.3) is 0 Å². The lowest BCUT2D eigenvalue weighted by Crippen LogP contribution is -2.48. The summed E-state index contributed by atoms with van der Waals surface area (Å²) in [6.07, 6.45) is 1.22. The number of amides is 3. The number of urea groups is 1. The predicted molar refractivity (Wildman–Crippen MR) is 61.2 cm³/mol. The molecule has 0 aromatic heterocycles. The molecule has 0 saturated carbocycles. The number of carbonyl (C=O) groups is 3. The van der Waals surface area contributed by atoms with Crippen molar-refractivity contribution in [2.75, 3.05) is 6.54 Å². The Kier molecular flexibility index (Phi) is 6.69. The van der Waals surface area contributed by atoms with Gasteiger partial charge in [0, 0.05) is 6.54 Å². The molecule has 0 aromatic carbocycles. The maximum Gasteiger partial charge on any atom is 0.312 e. The van der Waals surface area contributed by atoms with Gasteiger partial charge in [0.2, 0.25) is 5.91 Å². The highest BCUT2D eigenvalue weighted by Gasteiger charge is 2.19. The number of rotatable bonds is 7. The van der Waals surface area contributed by atoms with E-state index in [1.165, 1.54) is 6.92 Å². The Bertz CT molecular complexity index is 293. The van der Waals surface area contributed by atoms with Gasteiger partial charge in [0.1, 0.15) is 6.04 Å². The molecule has 5 N–H and O–H groups in total. The number of nitrogens with one attached hydrogen (secondary N) is 2. The van der Waals surface area contributed by atoms with Crippen LogP contribution in [-0.4, -0.2) is 35.6 Å². The van der Waals surface area contributed by atoms with Crippen molar-refractivity contribution in [1.82, 2.24) is 10.6 Å². The predicted octanol–water partition coefficient (Wildman–Crippen LogP) is -0.340. The van der Waals surface area contributed by atoms with Gasteiger partial charge >= 0.3 is 12.0 Å². The van der Waals surface area contributed by atoms with E-state index in [9.17, 15) is 14.4 Å². The molecule has 2 atom stereocenters. The lowest BCUT2D eigenvalue weighted by molar-refractivity contribution is -0.142. The van der Waals surface area contributed by atoms with Crippen molar-refractivity contribution in [2.45, 2.75) is 32.7 Å². The summed E-state index contributed by atoms with van der Waals surface area (Å²) in [5.41, 5.74) is 4.86. The van der Waals surface area contributed by atoms with Crippen LogP contribution < -0.4 is 16.4 Å². The van der Waals surface area contributed by atoms with Crippen LogP contribution >= 0.6 is 0 Å². The zero-order valence-corrected chi connectivity index (χ0v) is 10.0. The highest BCUT2D eigenvalue weighted by Crippen LogP contribution is 2.05. The largest absolute Gasteiger partial charge is 0.481 e. The minimum Gasteiger partial charge on any atom is -0.481 e. The summed E-state index contributed by atoms with van der Waals surface area (Å²) in [6, 6.07) is -1.57. The van der Waals surface area contributed by atoms with Gasteiger partial charge in [0.05, 0.1) is 5.92 Å². The SMILES string of the molecule is CCCC(CNC(=O)C(C)NC(N)=O)C(=O)O. The summed E-state index contributed by atoms with van der Waals surface area (Å²) >= 11 is 0. The number of hydrogen-bond donors (Lipinski definition) is 4. The van der Waals surface area contributed by atoms with Crippen molar-refractivity contribution in [3.8, 4) is 0 Å². The summed E-state index contributed by atoms with van der Waals surface area (Å²) in [5, 5.41) is 13.5. The van der Waals surface area contributed by atoms with E-state index in [4.69, 9.17) is 10.8 Å². The van der Waals surface area contributed by atoms with Gasteiger partial charge in [-0.05, 0) is 13.3 Å². The monoisotopic (exact) mass is 245 g/mol. The topological polar surface area (TPSA) is 122 Å². The summed E-state index contributed by atoms with van der Waals surface area (Å²) < 4.78 is 0. The Morgan fingerprint density at radius 2 is 1.94 bits per heavy atom. The molecular weight excluding hydrogens is 226 g/mol. The van der Waals surface area contributed by atoms with Gasteiger partial charge in [-0.1, -0.05) is 13.3 Å². The Labute approximate surface area is 99.7 Å². The third-order valence-corrected chi connectivity index (χ3v) is 2.26. The van der Waals surface area contributed by atoms with Crippen LogP contribution in [0, 0.1) is 5.92 Å². The van der Waals surface area contributed by atoms with Crippen LogP contribution in [0.25, 0.3) is 0 Å². The van der Waals surface area contributed by atoms with E-state index in [0.29, 0.717) is 6.42 Å². The van der Waals surface area contributed by atoms with Crippen molar-refractivity contribution in [1.29, 1.82) is 0 Å². The van der Waals surface area contributed by atoms with Crippen LogP contribution in [0.1, 0.15) is 26.7 Å². The van der Waals surface area contributed by atoms with Crippen LogP contribution in [0.5, 0.6) is 0 Å². The van der Waals surface area contributed by atoms with Gasteiger partial charge < -0.3 is 21.5 Å². The second-order valence-electron chi connectivity index (χ2n) is 3.80. The fourth-order valence-electron chi connectivity index (χ4n) is 1.32. The molecule has 0 aliphatic rings. The average Bonchev–Trinajstić information content (AvgIpc) is 2.22. The molecule has 0 aliphatic heterocycles. The molecule has 7 nitrogen and oxygen atoms in total. The summed E-state index contributed by atoms with van der Waals surface area (Å²) in [4.78, 5) is 32.7. The molecular formula is C10H19N3O4. The Morgan fingerprint density at radius 3 is 2.35 bits per heavy atom. The highest BCUT2D eigenvalue weighted by atomic mass is 16.4. The van der Waals surface area contributed by atoms with Gasteiger partial charge in [-0.3, -0.25) is 9.59 Å². The molecule has 0 fully saturated rings. The minimum atomic E-state index is -0.942. The normalized spacial score (nSPS) is 13.5. The lowest BCUT2D eigenvalue weighted by atomic mass is 10.0. The fraction of sp³-hybridized carbons (Fsp3) is 0.700. The first-order valence-electron chi connectivity index (χ1n) is 5.45. The molecule has 0 heterocycles. The minimum absolute atomic E-state index is 0.0484. The van der Waals surface area contributed by atoms with Gasteiger partial charge in [0.15, 0.2) is 0 Å². The van der Waals surface area contributed by atoms with E-state index in [1.54, 1.807) is 0 Å². The molecule has 0 aliphatic carbocycles. The smallest absolute Gasteiger partial charge is 0.312 e. The standard InChI is InChI=1S/C10H19N3O4/c1-3-4-7(9(15)16)5-12-8(14)6(2)13-10(11)17/h6-7H,3-5H2,1-2H3,(H,12,14)(H,15,16)(H3,11,13,17). The second kappa shape index (κ2) is 7.48. The number of hydrogen-bond acceptors (Lipinski definition) is 3. The van der Waals surface area contributed by atoms with Crippen LogP contribution in [0.15, 0.2) is 0 Å². The van der Waals surface area contributed by atoms with E-state index in [2.05, 4.69) is 10.6 Å². The number of carboxylic acids is 1. The zero-order valence-electron chi connectivity index (χ0n) is 10.0. The molecule has 7 heteroatoms.